The van der Waals surface area contributed by atoms with Crippen LogP contribution in [0, 0.1) is 12.7 Å². The average Bonchev–Trinajstić information content (AvgIpc) is 3.33. The maximum atomic E-state index is 14.5. The minimum absolute atomic E-state index is 0.0717. The third-order valence-corrected chi connectivity index (χ3v) is 4.72. The molecule has 9 nitrogen and oxygen atoms in total. The molecule has 0 atom stereocenters. The van der Waals surface area contributed by atoms with Gasteiger partial charge in [0.2, 0.25) is 5.89 Å². The topological polar surface area (TPSA) is 107 Å². The summed E-state index contributed by atoms with van der Waals surface area (Å²) in [7, 11) is 1.32. The molecule has 0 saturated heterocycles. The maximum absolute atomic E-state index is 14.5. The lowest BCUT2D eigenvalue weighted by atomic mass is 10.00. The molecule has 4 aromatic rings. The molecule has 0 unspecified atom stereocenters. The molecule has 160 valence electrons. The number of anilines is 2. The summed E-state index contributed by atoms with van der Waals surface area (Å²) in [6.45, 7) is 5.88. The molecule has 3 aromatic heterocycles. The molecule has 3 heterocycles. The highest BCUT2D eigenvalue weighted by molar-refractivity contribution is 5.95. The molecule has 0 radical (unpaired) electrons. The van der Waals surface area contributed by atoms with Crippen LogP contribution in [-0.4, -0.2) is 32.6 Å². The van der Waals surface area contributed by atoms with E-state index < -0.39 is 11.7 Å². The predicted octanol–water partition coefficient (Wildman–Crippen LogP) is 3.99. The first kappa shape index (κ1) is 20.5. The lowest BCUT2D eigenvalue weighted by Gasteiger charge is -2.12. The number of nitrogens with zero attached hydrogens (tertiary/aromatic N) is 4. The Bertz CT molecular complexity index is 1260. The molecule has 0 bridgehead atoms. The van der Waals surface area contributed by atoms with E-state index in [1.807, 2.05) is 27.0 Å². The Labute approximate surface area is 177 Å². The van der Waals surface area contributed by atoms with Crippen molar-refractivity contribution in [2.75, 3.05) is 12.4 Å². The number of amides is 1. The van der Waals surface area contributed by atoms with E-state index in [0.717, 1.165) is 11.1 Å². The smallest absolute Gasteiger partial charge is 0.274 e. The van der Waals surface area contributed by atoms with Gasteiger partial charge in [0, 0.05) is 11.8 Å². The molecule has 0 fully saturated rings. The van der Waals surface area contributed by atoms with Gasteiger partial charge in [-0.1, -0.05) is 13.8 Å². The van der Waals surface area contributed by atoms with Gasteiger partial charge in [-0.15, -0.1) is 0 Å². The average molecular weight is 424 g/mol. The van der Waals surface area contributed by atoms with Crippen molar-refractivity contribution >= 4 is 22.9 Å². The van der Waals surface area contributed by atoms with Crippen molar-refractivity contribution < 1.29 is 18.4 Å². The summed E-state index contributed by atoms with van der Waals surface area (Å²) in [5.74, 6) is 0.593. The van der Waals surface area contributed by atoms with Crippen LogP contribution < -0.4 is 10.8 Å². The van der Waals surface area contributed by atoms with E-state index in [1.54, 1.807) is 10.7 Å². The van der Waals surface area contributed by atoms with Gasteiger partial charge in [-0.25, -0.2) is 24.4 Å². The Balaban J connectivity index is 1.83. The Hall–Kier alpha value is -3.79. The van der Waals surface area contributed by atoms with E-state index in [1.165, 1.54) is 31.6 Å². The second kappa shape index (κ2) is 8.15. The van der Waals surface area contributed by atoms with E-state index in [9.17, 15) is 9.18 Å². The quantitative estimate of drug-likeness (QED) is 0.451. The van der Waals surface area contributed by atoms with E-state index in [2.05, 4.69) is 30.7 Å². The third kappa shape index (κ3) is 3.84. The third-order valence-electron chi connectivity index (χ3n) is 4.72. The number of carbonyl (C=O) groups is 1. The fraction of sp³-hybridized carbons (Fsp3) is 0.238. The number of rotatable bonds is 6. The Morgan fingerprint density at radius 2 is 2.10 bits per heavy atom. The number of aryl methyl sites for hydroxylation is 1. The zero-order chi connectivity index (χ0) is 22.1. The zero-order valence-corrected chi connectivity index (χ0v) is 17.4. The molecule has 0 aliphatic rings. The van der Waals surface area contributed by atoms with Gasteiger partial charge in [0.25, 0.3) is 5.91 Å². The number of oxazole rings is 1. The number of fused-ring (bicyclic) bond motifs is 1. The van der Waals surface area contributed by atoms with Gasteiger partial charge < -0.3 is 9.73 Å². The lowest BCUT2D eigenvalue weighted by Crippen LogP contribution is -2.21. The highest BCUT2D eigenvalue weighted by Crippen LogP contribution is 2.37. The van der Waals surface area contributed by atoms with Gasteiger partial charge in [-0.05, 0) is 36.6 Å². The summed E-state index contributed by atoms with van der Waals surface area (Å²) in [6.07, 6.45) is 4.82. The SMILES string of the molecule is CONC(=O)c1ccc(F)c(Nc2ncnn3cc(-c4ncc(C)o4)c(C(C)C)c23)c1. The summed E-state index contributed by atoms with van der Waals surface area (Å²) in [4.78, 5) is 25.3. The number of hydrogen-bond donors (Lipinski definition) is 2. The van der Waals surface area contributed by atoms with Gasteiger partial charge in [0.1, 0.15) is 23.4 Å². The van der Waals surface area contributed by atoms with Crippen LogP contribution in [0.15, 0.2) is 41.3 Å². The molecule has 0 spiro atoms. The van der Waals surface area contributed by atoms with Crippen LogP contribution in [0.1, 0.15) is 41.4 Å². The van der Waals surface area contributed by atoms with Crippen molar-refractivity contribution in [1.82, 2.24) is 25.1 Å². The minimum atomic E-state index is -0.535. The van der Waals surface area contributed by atoms with Gasteiger partial charge in [-0.2, -0.15) is 5.10 Å². The number of hydroxylamine groups is 1. The lowest BCUT2D eigenvalue weighted by molar-refractivity contribution is 0.0537. The zero-order valence-electron chi connectivity index (χ0n) is 17.4. The predicted molar refractivity (Wildman–Crippen MR) is 111 cm³/mol. The van der Waals surface area contributed by atoms with E-state index in [-0.39, 0.29) is 17.2 Å². The molecule has 2 N–H and O–H groups in total. The summed E-state index contributed by atoms with van der Waals surface area (Å²) in [6, 6.07) is 3.96. The monoisotopic (exact) mass is 424 g/mol. The fourth-order valence-electron chi connectivity index (χ4n) is 3.40. The molecule has 1 aromatic carbocycles. The summed E-state index contributed by atoms with van der Waals surface area (Å²) in [5.41, 5.74) is 4.87. The van der Waals surface area contributed by atoms with Crippen molar-refractivity contribution in [3.63, 3.8) is 0 Å². The molecule has 0 aliphatic carbocycles. The van der Waals surface area contributed by atoms with Gasteiger partial charge in [0.15, 0.2) is 5.82 Å². The van der Waals surface area contributed by atoms with Crippen LogP contribution in [0.3, 0.4) is 0 Å². The van der Waals surface area contributed by atoms with Crippen LogP contribution in [0.4, 0.5) is 15.9 Å². The largest absolute Gasteiger partial charge is 0.441 e. The van der Waals surface area contributed by atoms with Crippen LogP contribution in [0.2, 0.25) is 0 Å². The number of halogens is 1. The molecule has 0 saturated carbocycles. The van der Waals surface area contributed by atoms with Crippen LogP contribution >= 0.6 is 0 Å². The summed E-state index contributed by atoms with van der Waals surface area (Å²) < 4.78 is 21.9. The second-order valence-electron chi connectivity index (χ2n) is 7.24. The van der Waals surface area contributed by atoms with Crippen molar-refractivity contribution in [2.24, 2.45) is 0 Å². The van der Waals surface area contributed by atoms with E-state index in [0.29, 0.717) is 23.0 Å². The van der Waals surface area contributed by atoms with Gasteiger partial charge >= 0.3 is 0 Å². The number of carbonyl (C=O) groups excluding carboxylic acids is 1. The Morgan fingerprint density at radius 1 is 1.29 bits per heavy atom. The fourth-order valence-corrected chi connectivity index (χ4v) is 3.40. The first-order valence-corrected chi connectivity index (χ1v) is 9.58. The molecule has 4 rings (SSSR count). The van der Waals surface area contributed by atoms with Crippen molar-refractivity contribution in [3.8, 4) is 11.5 Å². The molecular weight excluding hydrogens is 403 g/mol. The maximum Gasteiger partial charge on any atom is 0.274 e. The molecule has 0 aliphatic heterocycles. The molecule has 1 amide bonds. The standard InChI is InChI=1S/C21H21FN6O3/c1-11(2)17-14(21-23-8-12(3)31-21)9-28-18(17)19(24-10-25-28)26-16-7-13(5-6-15(16)22)20(29)27-30-4/h5-11H,1-4H3,(H,27,29)(H,24,25,26). The number of hydrogen-bond acceptors (Lipinski definition) is 7. The number of benzene rings is 1. The van der Waals surface area contributed by atoms with Crippen molar-refractivity contribution in [3.05, 3.63) is 59.6 Å². The number of nitrogens with one attached hydrogen (secondary N) is 2. The van der Waals surface area contributed by atoms with E-state index in [4.69, 9.17) is 4.42 Å². The Kier molecular flexibility index (Phi) is 5.38. The van der Waals surface area contributed by atoms with Gasteiger partial charge in [-0.3, -0.25) is 9.63 Å². The number of aromatic nitrogens is 4. The molecule has 31 heavy (non-hydrogen) atoms. The van der Waals surface area contributed by atoms with Crippen molar-refractivity contribution in [1.29, 1.82) is 0 Å². The van der Waals surface area contributed by atoms with E-state index >= 15 is 0 Å². The van der Waals surface area contributed by atoms with Crippen LogP contribution in [0.25, 0.3) is 17.0 Å². The normalized spacial score (nSPS) is 11.3. The highest BCUT2D eigenvalue weighted by Gasteiger charge is 2.23. The highest BCUT2D eigenvalue weighted by atomic mass is 19.1. The van der Waals surface area contributed by atoms with Gasteiger partial charge in [0.05, 0.1) is 24.6 Å². The molecular formula is C21H21FN6O3. The summed E-state index contributed by atoms with van der Waals surface area (Å²) >= 11 is 0. The first-order valence-electron chi connectivity index (χ1n) is 9.58. The first-order chi connectivity index (χ1) is 14.9. The van der Waals surface area contributed by atoms with Crippen LogP contribution in [-0.2, 0) is 4.84 Å². The molecule has 10 heteroatoms. The van der Waals surface area contributed by atoms with Crippen LogP contribution in [0.5, 0.6) is 0 Å². The summed E-state index contributed by atoms with van der Waals surface area (Å²) in [5, 5.41) is 7.29. The second-order valence-corrected chi connectivity index (χ2v) is 7.24. The van der Waals surface area contributed by atoms with Crippen molar-refractivity contribution in [2.45, 2.75) is 26.7 Å². The Morgan fingerprint density at radius 3 is 2.77 bits per heavy atom. The minimum Gasteiger partial charge on any atom is -0.441 e.